The number of esters is 1. The van der Waals surface area contributed by atoms with Gasteiger partial charge in [-0.2, -0.15) is 5.10 Å². The molecule has 8 heteroatoms. The minimum absolute atomic E-state index is 0.217. The van der Waals surface area contributed by atoms with Crippen molar-refractivity contribution in [2.24, 2.45) is 0 Å². The van der Waals surface area contributed by atoms with Crippen LogP contribution in [0.4, 0.5) is 4.79 Å². The number of methoxy groups -OCH3 is 2. The molecule has 0 unspecified atom stereocenters. The molecular formula is C15H18N4O4. The van der Waals surface area contributed by atoms with Gasteiger partial charge in [0.05, 0.1) is 25.6 Å². The van der Waals surface area contributed by atoms with Crippen molar-refractivity contribution < 1.29 is 19.1 Å². The lowest BCUT2D eigenvalue weighted by Crippen LogP contribution is -2.25. The third kappa shape index (κ3) is 4.29. The number of rotatable bonds is 6. The average Bonchev–Trinajstić information content (AvgIpc) is 3.02. The van der Waals surface area contributed by atoms with Crippen LogP contribution < -0.4 is 5.32 Å². The summed E-state index contributed by atoms with van der Waals surface area (Å²) >= 11 is 0. The highest BCUT2D eigenvalue weighted by molar-refractivity contribution is 5.88. The molecule has 8 nitrogen and oxygen atoms in total. The van der Waals surface area contributed by atoms with Gasteiger partial charge in [-0.1, -0.05) is 6.07 Å². The van der Waals surface area contributed by atoms with Gasteiger partial charge in [-0.15, -0.1) is 0 Å². The van der Waals surface area contributed by atoms with Crippen LogP contribution in [0, 0.1) is 0 Å². The van der Waals surface area contributed by atoms with E-state index < -0.39 is 12.1 Å². The van der Waals surface area contributed by atoms with Gasteiger partial charge in [0.25, 0.3) is 0 Å². The van der Waals surface area contributed by atoms with E-state index in [1.165, 1.54) is 14.2 Å². The first kappa shape index (κ1) is 16.5. The van der Waals surface area contributed by atoms with E-state index >= 15 is 0 Å². The van der Waals surface area contributed by atoms with Gasteiger partial charge in [-0.25, -0.2) is 9.59 Å². The van der Waals surface area contributed by atoms with Crippen molar-refractivity contribution in [2.75, 3.05) is 20.8 Å². The van der Waals surface area contributed by atoms with Gasteiger partial charge in [0, 0.05) is 25.4 Å². The molecular weight excluding hydrogens is 300 g/mol. The molecule has 0 radical (unpaired) electrons. The van der Waals surface area contributed by atoms with Crippen molar-refractivity contribution in [1.82, 2.24) is 20.1 Å². The topological polar surface area (TPSA) is 95.3 Å². The number of pyridine rings is 1. The maximum atomic E-state index is 11.7. The lowest BCUT2D eigenvalue weighted by atomic mass is 10.2. The quantitative estimate of drug-likeness (QED) is 0.640. The standard InChI is InChI=1S/C15H18N4O4/c1-22-14(20)12-10-13(11-6-3-4-7-16-11)19(18-12)9-5-8-17-15(21)23-2/h3-4,6-7,10H,5,8-9H2,1-2H3,(H,17,21). The first-order chi connectivity index (χ1) is 11.2. The number of hydrogen-bond acceptors (Lipinski definition) is 6. The van der Waals surface area contributed by atoms with Crippen LogP contribution in [0.25, 0.3) is 11.4 Å². The summed E-state index contributed by atoms with van der Waals surface area (Å²) in [6.45, 7) is 0.939. The summed E-state index contributed by atoms with van der Waals surface area (Å²) < 4.78 is 10.9. The molecule has 0 aliphatic rings. The molecule has 2 heterocycles. The van der Waals surface area contributed by atoms with Gasteiger partial charge in [0.15, 0.2) is 5.69 Å². The van der Waals surface area contributed by atoms with Crippen molar-refractivity contribution in [3.8, 4) is 11.4 Å². The summed E-state index contributed by atoms with van der Waals surface area (Å²) in [5.41, 5.74) is 1.63. The number of nitrogens with one attached hydrogen (secondary N) is 1. The molecule has 2 aromatic rings. The predicted octanol–water partition coefficient (Wildman–Crippen LogP) is 1.48. The largest absolute Gasteiger partial charge is 0.464 e. The third-order valence-electron chi connectivity index (χ3n) is 3.10. The lowest BCUT2D eigenvalue weighted by Gasteiger charge is -2.07. The number of ether oxygens (including phenoxy) is 2. The van der Waals surface area contributed by atoms with Gasteiger partial charge >= 0.3 is 12.1 Å². The number of aromatic nitrogens is 3. The Bertz CT molecular complexity index is 669. The highest BCUT2D eigenvalue weighted by Crippen LogP contribution is 2.19. The van der Waals surface area contributed by atoms with Crippen LogP contribution in [0.15, 0.2) is 30.5 Å². The Morgan fingerprint density at radius 1 is 1.26 bits per heavy atom. The number of amides is 1. The van der Waals surface area contributed by atoms with Crippen molar-refractivity contribution >= 4 is 12.1 Å². The van der Waals surface area contributed by atoms with Crippen molar-refractivity contribution in [3.63, 3.8) is 0 Å². The molecule has 1 amide bonds. The number of carbonyl (C=O) groups is 2. The van der Waals surface area contributed by atoms with Crippen LogP contribution >= 0.6 is 0 Å². The van der Waals surface area contributed by atoms with Crippen LogP contribution in [0.2, 0.25) is 0 Å². The van der Waals surface area contributed by atoms with E-state index in [1.54, 1.807) is 16.9 Å². The predicted molar refractivity (Wildman–Crippen MR) is 81.8 cm³/mol. The molecule has 0 saturated heterocycles. The number of nitrogens with zero attached hydrogens (tertiary/aromatic N) is 3. The Kier molecular flexibility index (Phi) is 5.67. The molecule has 23 heavy (non-hydrogen) atoms. The molecule has 0 aromatic carbocycles. The van der Waals surface area contributed by atoms with E-state index in [1.807, 2.05) is 18.2 Å². The molecule has 1 N–H and O–H groups in total. The highest BCUT2D eigenvalue weighted by Gasteiger charge is 2.16. The van der Waals surface area contributed by atoms with Crippen LogP contribution in [-0.4, -0.2) is 47.6 Å². The SMILES string of the molecule is COC(=O)NCCCn1nc(C(=O)OC)cc1-c1ccccn1. The van der Waals surface area contributed by atoms with E-state index in [0.717, 1.165) is 0 Å². The highest BCUT2D eigenvalue weighted by atomic mass is 16.5. The summed E-state index contributed by atoms with van der Waals surface area (Å²) in [6, 6.07) is 7.14. The molecule has 0 spiro atoms. The Morgan fingerprint density at radius 3 is 2.74 bits per heavy atom. The number of hydrogen-bond donors (Lipinski definition) is 1. The van der Waals surface area contributed by atoms with Gasteiger partial charge in [-0.05, 0) is 18.6 Å². The maximum absolute atomic E-state index is 11.7. The second kappa shape index (κ2) is 7.92. The van der Waals surface area contributed by atoms with Gasteiger partial charge < -0.3 is 14.8 Å². The van der Waals surface area contributed by atoms with E-state index in [-0.39, 0.29) is 5.69 Å². The van der Waals surface area contributed by atoms with Crippen molar-refractivity contribution in [3.05, 3.63) is 36.2 Å². The summed E-state index contributed by atoms with van der Waals surface area (Å²) in [4.78, 5) is 27.0. The molecule has 0 saturated carbocycles. The second-order valence-electron chi connectivity index (χ2n) is 4.62. The minimum atomic E-state index is -0.506. The third-order valence-corrected chi connectivity index (χ3v) is 3.10. The van der Waals surface area contributed by atoms with Crippen LogP contribution in [0.1, 0.15) is 16.9 Å². The minimum Gasteiger partial charge on any atom is -0.464 e. The maximum Gasteiger partial charge on any atom is 0.406 e. The van der Waals surface area contributed by atoms with Crippen molar-refractivity contribution in [1.29, 1.82) is 0 Å². The second-order valence-corrected chi connectivity index (χ2v) is 4.62. The summed E-state index contributed by atoms with van der Waals surface area (Å²) in [5.74, 6) is -0.506. The molecule has 122 valence electrons. The summed E-state index contributed by atoms with van der Waals surface area (Å²) in [5, 5.41) is 6.85. The summed E-state index contributed by atoms with van der Waals surface area (Å²) in [6.07, 6.45) is 1.81. The summed E-state index contributed by atoms with van der Waals surface area (Å²) in [7, 11) is 2.62. The van der Waals surface area contributed by atoms with Crippen LogP contribution in [0.3, 0.4) is 0 Å². The fourth-order valence-electron chi connectivity index (χ4n) is 2.00. The molecule has 2 rings (SSSR count). The molecule has 0 aliphatic heterocycles. The van der Waals surface area contributed by atoms with Gasteiger partial charge in [-0.3, -0.25) is 9.67 Å². The molecule has 0 aliphatic carbocycles. The van der Waals surface area contributed by atoms with Gasteiger partial charge in [0.1, 0.15) is 0 Å². The fourth-order valence-corrected chi connectivity index (χ4v) is 2.00. The lowest BCUT2D eigenvalue weighted by molar-refractivity contribution is 0.0593. The molecule has 0 bridgehead atoms. The Labute approximate surface area is 133 Å². The first-order valence-electron chi connectivity index (χ1n) is 7.05. The van der Waals surface area contributed by atoms with E-state index in [0.29, 0.717) is 30.9 Å². The van der Waals surface area contributed by atoms with Crippen LogP contribution in [0.5, 0.6) is 0 Å². The monoisotopic (exact) mass is 318 g/mol. The molecule has 2 aromatic heterocycles. The van der Waals surface area contributed by atoms with Gasteiger partial charge in [0.2, 0.25) is 0 Å². The number of alkyl carbamates (subject to hydrolysis) is 1. The average molecular weight is 318 g/mol. The smallest absolute Gasteiger partial charge is 0.406 e. The zero-order valence-electron chi connectivity index (χ0n) is 13.0. The fraction of sp³-hybridized carbons (Fsp3) is 0.333. The molecule has 0 fully saturated rings. The first-order valence-corrected chi connectivity index (χ1v) is 7.05. The Hall–Kier alpha value is -2.90. The Balaban J connectivity index is 2.14. The number of carbonyl (C=O) groups excluding carboxylic acids is 2. The number of aryl methyl sites for hydroxylation is 1. The Morgan fingerprint density at radius 2 is 2.09 bits per heavy atom. The van der Waals surface area contributed by atoms with Crippen LogP contribution in [-0.2, 0) is 16.0 Å². The molecule has 0 atom stereocenters. The van der Waals surface area contributed by atoms with Crippen molar-refractivity contribution in [2.45, 2.75) is 13.0 Å². The zero-order valence-corrected chi connectivity index (χ0v) is 13.0. The van der Waals surface area contributed by atoms with E-state index in [4.69, 9.17) is 4.74 Å². The van der Waals surface area contributed by atoms with E-state index in [9.17, 15) is 9.59 Å². The van der Waals surface area contributed by atoms with E-state index in [2.05, 4.69) is 20.1 Å². The zero-order chi connectivity index (χ0) is 16.7. The normalized spacial score (nSPS) is 10.2.